The van der Waals surface area contributed by atoms with Crippen molar-refractivity contribution >= 4 is 17.5 Å². The number of piperidine rings is 1. The third kappa shape index (κ3) is 3.93. The first-order chi connectivity index (χ1) is 13.6. The lowest BCUT2D eigenvalue weighted by molar-refractivity contribution is 0.0390. The van der Waals surface area contributed by atoms with Gasteiger partial charge in [-0.3, -0.25) is 9.59 Å². The highest BCUT2D eigenvalue weighted by atomic mass is 19.1. The van der Waals surface area contributed by atoms with Gasteiger partial charge in [0, 0.05) is 29.4 Å². The van der Waals surface area contributed by atoms with Crippen molar-refractivity contribution in [3.05, 3.63) is 65.5 Å². The Morgan fingerprint density at radius 3 is 2.25 bits per heavy atom. The van der Waals surface area contributed by atoms with Crippen LogP contribution in [0, 0.1) is 11.7 Å². The summed E-state index contributed by atoms with van der Waals surface area (Å²) in [6, 6.07) is 12.8. The number of nitrogens with one attached hydrogen (secondary N) is 1. The Balaban J connectivity index is 1.44. The van der Waals surface area contributed by atoms with E-state index < -0.39 is 0 Å². The molecule has 4 nitrogen and oxygen atoms in total. The molecule has 2 atom stereocenters. The monoisotopic (exact) mass is 380 g/mol. The van der Waals surface area contributed by atoms with Crippen molar-refractivity contribution < 1.29 is 14.0 Å². The minimum Gasteiger partial charge on any atom is -0.335 e. The summed E-state index contributed by atoms with van der Waals surface area (Å²) >= 11 is 0. The molecular formula is C23H25FN2O2. The summed E-state index contributed by atoms with van der Waals surface area (Å²) < 4.78 is 13.0. The molecule has 1 N–H and O–H groups in total. The molecule has 0 bridgehead atoms. The lowest BCUT2D eigenvalue weighted by Crippen LogP contribution is -2.49. The maximum Gasteiger partial charge on any atom is 0.255 e. The predicted octanol–water partition coefficient (Wildman–Crippen LogP) is 4.87. The van der Waals surface area contributed by atoms with Gasteiger partial charge in [0.25, 0.3) is 11.8 Å². The van der Waals surface area contributed by atoms with E-state index in [2.05, 4.69) is 10.2 Å². The molecule has 2 aromatic carbocycles. The van der Waals surface area contributed by atoms with E-state index in [1.807, 2.05) is 0 Å². The molecule has 5 heteroatoms. The van der Waals surface area contributed by atoms with Gasteiger partial charge in [0.05, 0.1) is 0 Å². The molecule has 0 spiro atoms. The number of benzene rings is 2. The SMILES string of the molecule is O=C(Nc1ccc(F)cc1)c1ccc(C(=O)N2CCC[C@@H]3CCCC[C@@H]32)cc1. The first-order valence-electron chi connectivity index (χ1n) is 10.1. The Bertz CT molecular complexity index is 846. The molecule has 146 valence electrons. The average Bonchev–Trinajstić information content (AvgIpc) is 2.74. The number of anilines is 1. The summed E-state index contributed by atoms with van der Waals surface area (Å²) in [5, 5.41) is 2.73. The molecule has 2 aromatic rings. The number of nitrogens with zero attached hydrogens (tertiary/aromatic N) is 1. The summed E-state index contributed by atoms with van der Waals surface area (Å²) in [4.78, 5) is 27.5. The largest absolute Gasteiger partial charge is 0.335 e. The highest BCUT2D eigenvalue weighted by Gasteiger charge is 2.35. The van der Waals surface area contributed by atoms with Crippen LogP contribution in [0.5, 0.6) is 0 Å². The Labute approximate surface area is 164 Å². The molecule has 4 rings (SSSR count). The quantitative estimate of drug-likeness (QED) is 0.826. The van der Waals surface area contributed by atoms with E-state index in [0.717, 1.165) is 19.4 Å². The van der Waals surface area contributed by atoms with Crippen LogP contribution in [0.25, 0.3) is 0 Å². The van der Waals surface area contributed by atoms with Crippen LogP contribution in [-0.2, 0) is 0 Å². The van der Waals surface area contributed by atoms with Crippen LogP contribution in [0.4, 0.5) is 10.1 Å². The second-order valence-corrected chi connectivity index (χ2v) is 7.79. The summed E-state index contributed by atoms with van der Waals surface area (Å²) in [5.41, 5.74) is 1.63. The average molecular weight is 380 g/mol. The molecule has 1 saturated carbocycles. The zero-order valence-corrected chi connectivity index (χ0v) is 15.9. The summed E-state index contributed by atoms with van der Waals surface area (Å²) in [6.07, 6.45) is 7.13. The van der Waals surface area contributed by atoms with Gasteiger partial charge >= 0.3 is 0 Å². The molecule has 2 amide bonds. The van der Waals surface area contributed by atoms with Crippen LogP contribution in [0.1, 0.15) is 59.2 Å². The molecule has 1 aliphatic carbocycles. The van der Waals surface area contributed by atoms with Gasteiger partial charge in [0.1, 0.15) is 5.82 Å². The van der Waals surface area contributed by atoms with Crippen LogP contribution >= 0.6 is 0 Å². The molecule has 0 radical (unpaired) electrons. The molecule has 2 aliphatic rings. The van der Waals surface area contributed by atoms with E-state index in [0.29, 0.717) is 28.8 Å². The number of carbonyl (C=O) groups excluding carboxylic acids is 2. The van der Waals surface area contributed by atoms with Gasteiger partial charge in [0.2, 0.25) is 0 Å². The van der Waals surface area contributed by atoms with E-state index in [-0.39, 0.29) is 17.6 Å². The Hall–Kier alpha value is -2.69. The number of rotatable bonds is 3. The van der Waals surface area contributed by atoms with E-state index >= 15 is 0 Å². The van der Waals surface area contributed by atoms with Crippen molar-refractivity contribution in [3.8, 4) is 0 Å². The Kier molecular flexibility index (Phi) is 5.42. The molecule has 2 fully saturated rings. The van der Waals surface area contributed by atoms with Gasteiger partial charge in [-0.2, -0.15) is 0 Å². The Morgan fingerprint density at radius 2 is 1.50 bits per heavy atom. The summed E-state index contributed by atoms with van der Waals surface area (Å²) in [5.74, 6) is 0.0870. The summed E-state index contributed by atoms with van der Waals surface area (Å²) in [7, 11) is 0. The standard InChI is InChI=1S/C23H25FN2O2/c24-19-11-13-20(14-12-19)25-22(27)17-7-9-18(10-8-17)23(28)26-15-3-5-16-4-1-2-6-21(16)26/h7-14,16,21H,1-6,15H2,(H,25,27)/t16-,21-/m0/s1. The fourth-order valence-electron chi connectivity index (χ4n) is 4.54. The van der Waals surface area contributed by atoms with E-state index in [4.69, 9.17) is 0 Å². The highest BCUT2D eigenvalue weighted by Crippen LogP contribution is 2.35. The lowest BCUT2D eigenvalue weighted by atomic mass is 9.78. The zero-order valence-electron chi connectivity index (χ0n) is 15.9. The second-order valence-electron chi connectivity index (χ2n) is 7.79. The van der Waals surface area contributed by atoms with Crippen LogP contribution in [-0.4, -0.2) is 29.3 Å². The molecule has 0 aromatic heterocycles. The van der Waals surface area contributed by atoms with Crippen molar-refractivity contribution in [2.75, 3.05) is 11.9 Å². The highest BCUT2D eigenvalue weighted by molar-refractivity contribution is 6.05. The van der Waals surface area contributed by atoms with Crippen molar-refractivity contribution in [2.45, 2.75) is 44.6 Å². The van der Waals surface area contributed by atoms with Gasteiger partial charge in [-0.15, -0.1) is 0 Å². The van der Waals surface area contributed by atoms with Crippen molar-refractivity contribution in [3.63, 3.8) is 0 Å². The first-order valence-corrected chi connectivity index (χ1v) is 10.1. The van der Waals surface area contributed by atoms with Crippen LogP contribution in [0.2, 0.25) is 0 Å². The molecular weight excluding hydrogens is 355 g/mol. The number of carbonyl (C=O) groups is 2. The zero-order chi connectivity index (χ0) is 19.5. The third-order valence-electron chi connectivity index (χ3n) is 6.00. The van der Waals surface area contributed by atoms with Crippen LogP contribution < -0.4 is 5.32 Å². The van der Waals surface area contributed by atoms with E-state index in [1.165, 1.54) is 49.9 Å². The molecule has 1 heterocycles. The smallest absolute Gasteiger partial charge is 0.255 e. The van der Waals surface area contributed by atoms with Gasteiger partial charge < -0.3 is 10.2 Å². The van der Waals surface area contributed by atoms with Crippen LogP contribution in [0.15, 0.2) is 48.5 Å². The number of hydrogen-bond donors (Lipinski definition) is 1. The molecule has 1 aliphatic heterocycles. The second kappa shape index (κ2) is 8.13. The predicted molar refractivity (Wildman–Crippen MR) is 107 cm³/mol. The Morgan fingerprint density at radius 1 is 0.857 bits per heavy atom. The maximum atomic E-state index is 13.0. The number of likely N-dealkylation sites (tertiary alicyclic amines) is 1. The number of halogens is 1. The van der Waals surface area contributed by atoms with Crippen LogP contribution in [0.3, 0.4) is 0 Å². The maximum absolute atomic E-state index is 13.0. The van der Waals surface area contributed by atoms with E-state index in [1.54, 1.807) is 24.3 Å². The first kappa shape index (κ1) is 18.7. The number of hydrogen-bond acceptors (Lipinski definition) is 2. The van der Waals surface area contributed by atoms with Gasteiger partial charge in [-0.25, -0.2) is 4.39 Å². The normalized spacial score (nSPS) is 21.7. The minimum atomic E-state index is -0.348. The van der Waals surface area contributed by atoms with Crippen molar-refractivity contribution in [1.29, 1.82) is 0 Å². The lowest BCUT2D eigenvalue weighted by Gasteiger charge is -2.44. The molecule has 28 heavy (non-hydrogen) atoms. The fourth-order valence-corrected chi connectivity index (χ4v) is 4.54. The van der Waals surface area contributed by atoms with Gasteiger partial charge in [-0.05, 0) is 80.1 Å². The van der Waals surface area contributed by atoms with Crippen molar-refractivity contribution in [2.24, 2.45) is 5.92 Å². The summed E-state index contributed by atoms with van der Waals surface area (Å²) in [6.45, 7) is 0.826. The minimum absolute atomic E-state index is 0.0714. The van der Waals surface area contributed by atoms with Gasteiger partial charge in [-0.1, -0.05) is 12.8 Å². The van der Waals surface area contributed by atoms with Gasteiger partial charge in [0.15, 0.2) is 0 Å². The topological polar surface area (TPSA) is 49.4 Å². The third-order valence-corrected chi connectivity index (χ3v) is 6.00. The number of amides is 2. The van der Waals surface area contributed by atoms with Crippen molar-refractivity contribution in [1.82, 2.24) is 4.90 Å². The number of fused-ring (bicyclic) bond motifs is 1. The molecule has 0 unspecified atom stereocenters. The molecule has 1 saturated heterocycles. The fraction of sp³-hybridized carbons (Fsp3) is 0.391. The van der Waals surface area contributed by atoms with E-state index in [9.17, 15) is 14.0 Å².